The number of carbonyl (C=O) groups is 1. The van der Waals surface area contributed by atoms with Crippen molar-refractivity contribution < 1.29 is 9.90 Å². The number of halogens is 1. The molecule has 0 radical (unpaired) electrons. The Morgan fingerprint density at radius 1 is 1.21 bits per heavy atom. The molecule has 2 rings (SSSR count). The average molecular weight is 320 g/mol. The molecule has 19 heavy (non-hydrogen) atoms. The summed E-state index contributed by atoms with van der Waals surface area (Å²) in [7, 11) is 0. The molecule has 4 heteroatoms. The molecule has 3 nitrogen and oxygen atoms in total. The lowest BCUT2D eigenvalue weighted by molar-refractivity contribution is 0.0939. The van der Waals surface area contributed by atoms with Crippen molar-refractivity contribution in [2.45, 2.75) is 13.0 Å². The van der Waals surface area contributed by atoms with Gasteiger partial charge in [0.05, 0.1) is 6.04 Å². The first-order valence-corrected chi connectivity index (χ1v) is 6.71. The van der Waals surface area contributed by atoms with Gasteiger partial charge < -0.3 is 10.4 Å². The summed E-state index contributed by atoms with van der Waals surface area (Å²) in [5.74, 6) is -0.119. The van der Waals surface area contributed by atoms with Gasteiger partial charge in [0.2, 0.25) is 0 Å². The Hall–Kier alpha value is -1.81. The molecule has 0 bridgehead atoms. The SMILES string of the molecule is CC(NC(=O)c1cccc(O)c1)c1cccc(Br)c1. The van der Waals surface area contributed by atoms with Crippen molar-refractivity contribution in [2.24, 2.45) is 0 Å². The third-order valence-corrected chi connectivity index (χ3v) is 3.30. The molecule has 1 atom stereocenters. The quantitative estimate of drug-likeness (QED) is 0.907. The van der Waals surface area contributed by atoms with E-state index in [2.05, 4.69) is 21.2 Å². The minimum Gasteiger partial charge on any atom is -0.508 e. The van der Waals surface area contributed by atoms with Crippen LogP contribution in [0.3, 0.4) is 0 Å². The third kappa shape index (κ3) is 3.58. The van der Waals surface area contributed by atoms with Gasteiger partial charge in [0.25, 0.3) is 5.91 Å². The van der Waals surface area contributed by atoms with Gasteiger partial charge in [0.15, 0.2) is 0 Å². The summed E-state index contributed by atoms with van der Waals surface area (Å²) >= 11 is 3.41. The van der Waals surface area contributed by atoms with Crippen LogP contribution in [-0.2, 0) is 0 Å². The molecule has 0 aliphatic rings. The minimum atomic E-state index is -0.205. The van der Waals surface area contributed by atoms with Gasteiger partial charge in [0, 0.05) is 10.0 Å². The lowest BCUT2D eigenvalue weighted by atomic mass is 10.1. The molecular weight excluding hydrogens is 306 g/mol. The molecule has 1 amide bonds. The highest BCUT2D eigenvalue weighted by Crippen LogP contribution is 2.19. The zero-order chi connectivity index (χ0) is 13.8. The fourth-order valence-corrected chi connectivity index (χ4v) is 2.20. The van der Waals surface area contributed by atoms with Crippen molar-refractivity contribution >= 4 is 21.8 Å². The molecule has 0 saturated heterocycles. The maximum atomic E-state index is 12.0. The van der Waals surface area contributed by atoms with Gasteiger partial charge in [-0.15, -0.1) is 0 Å². The second-order valence-corrected chi connectivity index (χ2v) is 5.22. The lowest BCUT2D eigenvalue weighted by Gasteiger charge is -2.14. The smallest absolute Gasteiger partial charge is 0.251 e. The number of phenolic OH excluding ortho intramolecular Hbond substituents is 1. The van der Waals surface area contributed by atoms with Crippen molar-refractivity contribution in [3.8, 4) is 5.75 Å². The number of hydrogen-bond donors (Lipinski definition) is 2. The molecule has 0 saturated carbocycles. The molecule has 0 fully saturated rings. The van der Waals surface area contributed by atoms with E-state index < -0.39 is 0 Å². The van der Waals surface area contributed by atoms with Crippen LogP contribution in [0.25, 0.3) is 0 Å². The Kier molecular flexibility index (Phi) is 4.22. The number of hydrogen-bond acceptors (Lipinski definition) is 2. The highest BCUT2D eigenvalue weighted by molar-refractivity contribution is 9.10. The Balaban J connectivity index is 2.11. The predicted octanol–water partition coefficient (Wildman–Crippen LogP) is 3.65. The molecule has 0 heterocycles. The second kappa shape index (κ2) is 5.89. The molecule has 98 valence electrons. The normalized spacial score (nSPS) is 11.9. The zero-order valence-electron chi connectivity index (χ0n) is 10.4. The maximum absolute atomic E-state index is 12.0. The van der Waals surface area contributed by atoms with E-state index >= 15 is 0 Å². The first kappa shape index (κ1) is 13.6. The van der Waals surface area contributed by atoms with Crippen LogP contribution in [0.4, 0.5) is 0 Å². The monoisotopic (exact) mass is 319 g/mol. The van der Waals surface area contributed by atoms with Crippen LogP contribution in [0.1, 0.15) is 28.9 Å². The number of phenols is 1. The highest BCUT2D eigenvalue weighted by Gasteiger charge is 2.11. The van der Waals surface area contributed by atoms with Crippen molar-refractivity contribution in [3.63, 3.8) is 0 Å². The predicted molar refractivity (Wildman–Crippen MR) is 78.1 cm³/mol. The maximum Gasteiger partial charge on any atom is 0.251 e. The molecule has 0 spiro atoms. The van der Waals surface area contributed by atoms with Crippen molar-refractivity contribution in [3.05, 3.63) is 64.1 Å². The molecular formula is C15H14BrNO2. The van der Waals surface area contributed by atoms with E-state index in [1.165, 1.54) is 12.1 Å². The van der Waals surface area contributed by atoms with E-state index in [1.807, 2.05) is 31.2 Å². The van der Waals surface area contributed by atoms with Crippen LogP contribution in [0, 0.1) is 0 Å². The number of nitrogens with one attached hydrogen (secondary N) is 1. The largest absolute Gasteiger partial charge is 0.508 e. The van der Waals surface area contributed by atoms with E-state index in [0.717, 1.165) is 10.0 Å². The van der Waals surface area contributed by atoms with Gasteiger partial charge in [-0.3, -0.25) is 4.79 Å². The summed E-state index contributed by atoms with van der Waals surface area (Å²) in [6.07, 6.45) is 0. The van der Waals surface area contributed by atoms with Crippen LogP contribution < -0.4 is 5.32 Å². The van der Waals surface area contributed by atoms with Crippen molar-refractivity contribution in [1.29, 1.82) is 0 Å². The first-order valence-electron chi connectivity index (χ1n) is 5.91. The van der Waals surface area contributed by atoms with Gasteiger partial charge in [-0.2, -0.15) is 0 Å². The topological polar surface area (TPSA) is 49.3 Å². The molecule has 0 aromatic heterocycles. The summed E-state index contributed by atoms with van der Waals surface area (Å²) in [5, 5.41) is 12.3. The fraction of sp³-hybridized carbons (Fsp3) is 0.133. The van der Waals surface area contributed by atoms with Gasteiger partial charge >= 0.3 is 0 Å². The van der Waals surface area contributed by atoms with Crippen LogP contribution in [0.2, 0.25) is 0 Å². The van der Waals surface area contributed by atoms with Crippen LogP contribution in [0.5, 0.6) is 5.75 Å². The number of aromatic hydroxyl groups is 1. The van der Waals surface area contributed by atoms with E-state index in [9.17, 15) is 9.90 Å². The number of carbonyl (C=O) groups excluding carboxylic acids is 1. The fourth-order valence-electron chi connectivity index (χ4n) is 1.79. The summed E-state index contributed by atoms with van der Waals surface area (Å²) < 4.78 is 0.975. The van der Waals surface area contributed by atoms with Crippen molar-refractivity contribution in [2.75, 3.05) is 0 Å². The molecule has 2 aromatic carbocycles. The molecule has 1 unspecified atom stereocenters. The Morgan fingerprint density at radius 3 is 2.63 bits per heavy atom. The van der Waals surface area contributed by atoms with Crippen molar-refractivity contribution in [1.82, 2.24) is 5.32 Å². The van der Waals surface area contributed by atoms with E-state index in [1.54, 1.807) is 12.1 Å². The highest BCUT2D eigenvalue weighted by atomic mass is 79.9. The van der Waals surface area contributed by atoms with Gasteiger partial charge in [-0.25, -0.2) is 0 Å². The van der Waals surface area contributed by atoms with Crippen LogP contribution in [-0.4, -0.2) is 11.0 Å². The number of rotatable bonds is 3. The Morgan fingerprint density at radius 2 is 1.95 bits per heavy atom. The summed E-state index contributed by atoms with van der Waals surface area (Å²) in [4.78, 5) is 12.0. The molecule has 0 aliphatic heterocycles. The molecule has 0 aliphatic carbocycles. The number of amides is 1. The van der Waals surface area contributed by atoms with E-state index in [4.69, 9.17) is 0 Å². The van der Waals surface area contributed by atoms with Crippen LogP contribution in [0.15, 0.2) is 53.0 Å². The standard InChI is InChI=1S/C15H14BrNO2/c1-10(11-4-2-6-13(16)8-11)17-15(19)12-5-3-7-14(18)9-12/h2-10,18H,1H3,(H,17,19). The van der Waals surface area contributed by atoms with Crippen LogP contribution >= 0.6 is 15.9 Å². The summed E-state index contributed by atoms with van der Waals surface area (Å²) in [5.41, 5.74) is 1.46. The summed E-state index contributed by atoms with van der Waals surface area (Å²) in [6.45, 7) is 1.92. The summed E-state index contributed by atoms with van der Waals surface area (Å²) in [6, 6.07) is 14.0. The van der Waals surface area contributed by atoms with Gasteiger partial charge in [-0.05, 0) is 42.8 Å². The first-order chi connectivity index (χ1) is 9.06. The third-order valence-electron chi connectivity index (χ3n) is 2.80. The molecule has 2 aromatic rings. The zero-order valence-corrected chi connectivity index (χ0v) is 12.0. The molecule has 2 N–H and O–H groups in total. The van der Waals surface area contributed by atoms with Gasteiger partial charge in [0.1, 0.15) is 5.75 Å². The lowest BCUT2D eigenvalue weighted by Crippen LogP contribution is -2.26. The average Bonchev–Trinajstić information content (AvgIpc) is 2.38. The minimum absolute atomic E-state index is 0.0859. The van der Waals surface area contributed by atoms with E-state index in [-0.39, 0.29) is 17.7 Å². The van der Waals surface area contributed by atoms with Gasteiger partial charge in [-0.1, -0.05) is 34.1 Å². The Labute approximate surface area is 120 Å². The second-order valence-electron chi connectivity index (χ2n) is 4.30. The number of benzene rings is 2. The Bertz CT molecular complexity index is 598. The van der Waals surface area contributed by atoms with E-state index in [0.29, 0.717) is 5.56 Å².